The molecule has 1 atom stereocenters. The zero-order chi connectivity index (χ0) is 14.7. The maximum Gasteiger partial charge on any atom is 0.0577 e. The van der Waals surface area contributed by atoms with Crippen molar-refractivity contribution in [3.8, 4) is 0 Å². The van der Waals surface area contributed by atoms with Crippen LogP contribution in [-0.4, -0.2) is 6.54 Å². The summed E-state index contributed by atoms with van der Waals surface area (Å²) in [6.07, 6.45) is 0. The topological polar surface area (TPSA) is 12.0 Å². The number of hydrogen-bond donors (Lipinski definition) is 1. The number of benzene rings is 2. The molecule has 0 fully saturated rings. The van der Waals surface area contributed by atoms with E-state index >= 15 is 0 Å². The summed E-state index contributed by atoms with van der Waals surface area (Å²) in [5, 5.41) is 4.84. The van der Waals surface area contributed by atoms with Crippen molar-refractivity contribution in [2.75, 3.05) is 6.54 Å². The summed E-state index contributed by atoms with van der Waals surface area (Å²) in [4.78, 5) is 0. The molecular formula is C17H19Cl2N. The van der Waals surface area contributed by atoms with Gasteiger partial charge in [-0.3, -0.25) is 0 Å². The SMILES string of the molecule is CCNC(c1cc(C)cc(C)c1)c1cc(Cl)cc(Cl)c1. The molecule has 1 N–H and O–H groups in total. The molecule has 106 valence electrons. The van der Waals surface area contributed by atoms with E-state index in [4.69, 9.17) is 23.2 Å². The van der Waals surface area contributed by atoms with E-state index in [1.807, 2.05) is 12.1 Å². The Morgan fingerprint density at radius 1 is 0.850 bits per heavy atom. The molecule has 2 aromatic rings. The molecule has 0 saturated carbocycles. The molecule has 0 heterocycles. The Hall–Kier alpha value is -1.02. The van der Waals surface area contributed by atoms with Crippen molar-refractivity contribution in [3.05, 3.63) is 68.7 Å². The van der Waals surface area contributed by atoms with Crippen molar-refractivity contribution in [3.63, 3.8) is 0 Å². The van der Waals surface area contributed by atoms with Gasteiger partial charge in [-0.25, -0.2) is 0 Å². The number of rotatable bonds is 4. The van der Waals surface area contributed by atoms with Crippen LogP contribution >= 0.6 is 23.2 Å². The van der Waals surface area contributed by atoms with Crippen LogP contribution in [0.2, 0.25) is 10.0 Å². The number of halogens is 2. The molecule has 1 unspecified atom stereocenters. The first-order valence-electron chi connectivity index (χ1n) is 6.77. The molecule has 0 bridgehead atoms. The molecule has 3 heteroatoms. The van der Waals surface area contributed by atoms with Gasteiger partial charge < -0.3 is 5.32 Å². The second kappa shape index (κ2) is 6.62. The molecule has 0 radical (unpaired) electrons. The third-order valence-electron chi connectivity index (χ3n) is 3.20. The van der Waals surface area contributed by atoms with Crippen molar-refractivity contribution < 1.29 is 0 Å². The lowest BCUT2D eigenvalue weighted by Gasteiger charge is -2.20. The summed E-state index contributed by atoms with van der Waals surface area (Å²) in [6, 6.07) is 12.4. The fourth-order valence-corrected chi connectivity index (χ4v) is 3.09. The summed E-state index contributed by atoms with van der Waals surface area (Å²) >= 11 is 12.3. The molecule has 0 aromatic heterocycles. The zero-order valence-electron chi connectivity index (χ0n) is 12.0. The largest absolute Gasteiger partial charge is 0.307 e. The highest BCUT2D eigenvalue weighted by Gasteiger charge is 2.15. The lowest BCUT2D eigenvalue weighted by Crippen LogP contribution is -2.22. The van der Waals surface area contributed by atoms with E-state index in [1.54, 1.807) is 6.07 Å². The van der Waals surface area contributed by atoms with Crippen LogP contribution in [-0.2, 0) is 0 Å². The summed E-state index contributed by atoms with van der Waals surface area (Å²) in [6.45, 7) is 7.21. The Kier molecular flexibility index (Phi) is 5.09. The average Bonchev–Trinajstić information content (AvgIpc) is 2.33. The zero-order valence-corrected chi connectivity index (χ0v) is 13.5. The van der Waals surface area contributed by atoms with Crippen LogP contribution in [0.1, 0.15) is 35.2 Å². The van der Waals surface area contributed by atoms with Crippen molar-refractivity contribution >= 4 is 23.2 Å². The van der Waals surface area contributed by atoms with Crippen LogP contribution in [0.3, 0.4) is 0 Å². The fourth-order valence-electron chi connectivity index (χ4n) is 2.55. The molecule has 0 aliphatic carbocycles. The summed E-state index contributed by atoms with van der Waals surface area (Å²) in [5.41, 5.74) is 4.85. The highest BCUT2D eigenvalue weighted by atomic mass is 35.5. The van der Waals surface area contributed by atoms with Gasteiger partial charge in [-0.2, -0.15) is 0 Å². The third-order valence-corrected chi connectivity index (χ3v) is 3.64. The Labute approximate surface area is 130 Å². The maximum absolute atomic E-state index is 6.13. The lowest BCUT2D eigenvalue weighted by molar-refractivity contribution is 0.630. The van der Waals surface area contributed by atoms with Crippen LogP contribution in [0, 0.1) is 13.8 Å². The van der Waals surface area contributed by atoms with Gasteiger partial charge in [0.1, 0.15) is 0 Å². The monoisotopic (exact) mass is 307 g/mol. The Balaban J connectivity index is 2.49. The van der Waals surface area contributed by atoms with Gasteiger partial charge in [-0.05, 0) is 49.7 Å². The predicted octanol–water partition coefficient (Wildman–Crippen LogP) is 5.31. The van der Waals surface area contributed by atoms with Gasteiger partial charge in [-0.15, -0.1) is 0 Å². The molecule has 1 nitrogen and oxygen atoms in total. The van der Waals surface area contributed by atoms with Crippen LogP contribution in [0.4, 0.5) is 0 Å². The van der Waals surface area contributed by atoms with Crippen molar-refractivity contribution in [2.24, 2.45) is 0 Å². The highest BCUT2D eigenvalue weighted by molar-refractivity contribution is 6.34. The van der Waals surface area contributed by atoms with Gasteiger partial charge in [0, 0.05) is 10.0 Å². The number of nitrogens with one attached hydrogen (secondary N) is 1. The second-order valence-corrected chi connectivity index (χ2v) is 5.99. The Bertz CT molecular complexity index is 516. The standard InChI is InChI=1S/C17H19Cl2N/c1-4-20-17(13-6-11(2)5-12(3)7-13)14-8-15(18)10-16(19)9-14/h5-10,17,20H,4H2,1-3H3. The normalized spacial score (nSPS) is 12.4. The van der Waals surface area contributed by atoms with Gasteiger partial charge in [0.25, 0.3) is 0 Å². The van der Waals surface area contributed by atoms with Crippen molar-refractivity contribution in [1.82, 2.24) is 5.32 Å². The molecule has 0 saturated heterocycles. The molecule has 2 rings (SSSR count). The first kappa shape index (κ1) is 15.4. The summed E-state index contributed by atoms with van der Waals surface area (Å²) in [5.74, 6) is 0. The molecular weight excluding hydrogens is 289 g/mol. The third kappa shape index (κ3) is 3.76. The molecule has 0 aliphatic rings. The minimum absolute atomic E-state index is 0.106. The fraction of sp³-hybridized carbons (Fsp3) is 0.294. The highest BCUT2D eigenvalue weighted by Crippen LogP contribution is 2.28. The minimum atomic E-state index is 0.106. The molecule has 0 aliphatic heterocycles. The number of hydrogen-bond acceptors (Lipinski definition) is 1. The average molecular weight is 308 g/mol. The number of aryl methyl sites for hydroxylation is 2. The van der Waals surface area contributed by atoms with Gasteiger partial charge in [0.05, 0.1) is 6.04 Å². The van der Waals surface area contributed by atoms with E-state index in [1.165, 1.54) is 16.7 Å². The second-order valence-electron chi connectivity index (χ2n) is 5.11. The van der Waals surface area contributed by atoms with E-state index in [0.717, 1.165) is 12.1 Å². The van der Waals surface area contributed by atoms with E-state index in [9.17, 15) is 0 Å². The Morgan fingerprint density at radius 3 is 1.85 bits per heavy atom. The first-order chi connectivity index (χ1) is 9.49. The molecule has 0 amide bonds. The van der Waals surface area contributed by atoms with Crippen molar-refractivity contribution in [1.29, 1.82) is 0 Å². The van der Waals surface area contributed by atoms with Crippen LogP contribution < -0.4 is 5.32 Å². The first-order valence-corrected chi connectivity index (χ1v) is 7.52. The predicted molar refractivity (Wildman–Crippen MR) is 87.9 cm³/mol. The van der Waals surface area contributed by atoms with Gasteiger partial charge in [0.15, 0.2) is 0 Å². The minimum Gasteiger partial charge on any atom is -0.307 e. The summed E-state index contributed by atoms with van der Waals surface area (Å²) < 4.78 is 0. The lowest BCUT2D eigenvalue weighted by atomic mass is 9.95. The molecule has 0 spiro atoms. The quantitative estimate of drug-likeness (QED) is 0.807. The van der Waals surface area contributed by atoms with Gasteiger partial charge in [-0.1, -0.05) is 59.5 Å². The van der Waals surface area contributed by atoms with Crippen LogP contribution in [0.5, 0.6) is 0 Å². The maximum atomic E-state index is 6.13. The Morgan fingerprint density at radius 2 is 1.35 bits per heavy atom. The van der Waals surface area contributed by atoms with E-state index < -0.39 is 0 Å². The molecule has 20 heavy (non-hydrogen) atoms. The van der Waals surface area contributed by atoms with Crippen LogP contribution in [0.15, 0.2) is 36.4 Å². The van der Waals surface area contributed by atoms with Gasteiger partial charge >= 0.3 is 0 Å². The molecule has 2 aromatic carbocycles. The smallest absolute Gasteiger partial charge is 0.0577 e. The van der Waals surface area contributed by atoms with Gasteiger partial charge in [0.2, 0.25) is 0 Å². The van der Waals surface area contributed by atoms with Crippen LogP contribution in [0.25, 0.3) is 0 Å². The van der Waals surface area contributed by atoms with E-state index in [2.05, 4.69) is 44.3 Å². The van der Waals surface area contributed by atoms with E-state index in [0.29, 0.717) is 10.0 Å². The van der Waals surface area contributed by atoms with Crippen molar-refractivity contribution in [2.45, 2.75) is 26.8 Å². The van der Waals surface area contributed by atoms with E-state index in [-0.39, 0.29) is 6.04 Å². The summed E-state index contributed by atoms with van der Waals surface area (Å²) in [7, 11) is 0.